The first-order valence-electron chi connectivity index (χ1n) is 33.3. The number of aliphatic carboxylic acids is 3. The van der Waals surface area contributed by atoms with Crippen LogP contribution in [0, 0.1) is 0 Å². The van der Waals surface area contributed by atoms with Crippen LogP contribution in [0.1, 0.15) is 67.2 Å². The normalized spacial score (nSPS) is 14.8. The summed E-state index contributed by atoms with van der Waals surface area (Å²) in [5.74, 6) is -6.96. The topological polar surface area (TPSA) is 447 Å². The quantitative estimate of drug-likeness (QED) is 0.0151. The summed E-state index contributed by atoms with van der Waals surface area (Å²) in [6.45, 7) is 3.16. The predicted molar refractivity (Wildman–Crippen MR) is 379 cm³/mol. The fourth-order valence-corrected chi connectivity index (χ4v) is 11.1. The maximum atomic E-state index is 14.7. The van der Waals surface area contributed by atoms with Gasteiger partial charge in [0.25, 0.3) is 0 Å². The van der Waals surface area contributed by atoms with Crippen molar-refractivity contribution in [3.8, 4) is 16.9 Å². The zero-order chi connectivity index (χ0) is 72.2. The van der Waals surface area contributed by atoms with E-state index in [4.69, 9.17) is 17.2 Å². The molecule has 18 N–H and O–H groups in total. The average Bonchev–Trinajstić information content (AvgIpc) is 0.836. The largest absolute Gasteiger partial charge is 0.508 e. The maximum Gasteiger partial charge on any atom is 0.321 e. The number of hydrogen-bond acceptors (Lipinski definition) is 17. The second-order valence-electron chi connectivity index (χ2n) is 24.1. The number of phenols is 1. The lowest BCUT2D eigenvalue weighted by atomic mass is 9.90. The molecule has 5 aromatic carbocycles. The van der Waals surface area contributed by atoms with Crippen molar-refractivity contribution in [2.24, 2.45) is 27.2 Å². The number of aliphatic imine (C=N–C) groups is 2. The van der Waals surface area contributed by atoms with Gasteiger partial charge in [0.15, 0.2) is 11.9 Å². The van der Waals surface area contributed by atoms with Gasteiger partial charge in [0.05, 0.1) is 32.1 Å². The third-order valence-corrected chi connectivity index (χ3v) is 16.3. The second kappa shape index (κ2) is 42.2. The summed E-state index contributed by atoms with van der Waals surface area (Å²) in [7, 11) is 0. The summed E-state index contributed by atoms with van der Waals surface area (Å²) in [5.41, 5.74) is 22.5. The summed E-state index contributed by atoms with van der Waals surface area (Å²) in [6, 6.07) is 36.0. The molecule has 5 aromatic rings. The summed E-state index contributed by atoms with van der Waals surface area (Å²) in [5, 5.41) is 61.9. The summed E-state index contributed by atoms with van der Waals surface area (Å²) in [4.78, 5) is 134. The number of phenolic OH excluding ortho intramolecular Hbond substituents is 1. The number of anilines is 1. The lowest BCUT2D eigenvalue weighted by molar-refractivity contribution is -0.140. The van der Waals surface area contributed by atoms with Crippen molar-refractivity contribution in [1.29, 1.82) is 0 Å². The van der Waals surface area contributed by atoms with E-state index in [0.29, 0.717) is 48.3 Å². The Hall–Kier alpha value is -10.7. The molecule has 6 rings (SSSR count). The van der Waals surface area contributed by atoms with Crippen molar-refractivity contribution in [3.05, 3.63) is 156 Å². The molecule has 1 unspecified atom stereocenters. The molecular weight excluding hydrogens is 1290 g/mol. The first kappa shape index (κ1) is 78.3. The third-order valence-electron chi connectivity index (χ3n) is 16.3. The van der Waals surface area contributed by atoms with E-state index in [9.17, 15) is 63.6 Å². The number of carbonyl (C=O) groups excluding carboxylic acids is 6. The number of carboxylic acid groups (broad SMARTS) is 3. The van der Waals surface area contributed by atoms with Gasteiger partial charge >= 0.3 is 23.9 Å². The maximum absolute atomic E-state index is 14.7. The van der Waals surface area contributed by atoms with Crippen LogP contribution in [0.15, 0.2) is 143 Å². The number of carboxylic acids is 3. The number of nitrogens with two attached hydrogens (primary N) is 3. The number of benzene rings is 5. The van der Waals surface area contributed by atoms with Crippen LogP contribution in [-0.4, -0.2) is 235 Å². The zero-order valence-corrected chi connectivity index (χ0v) is 56.4. The molecular formula is C70H95N17O13. The Morgan fingerprint density at radius 3 is 1.49 bits per heavy atom. The molecule has 1 fully saturated rings. The average molecular weight is 1380 g/mol. The first-order valence-corrected chi connectivity index (χ1v) is 33.3. The summed E-state index contributed by atoms with van der Waals surface area (Å²) >= 11 is 0. The number of rotatable bonds is 36. The Kier molecular flexibility index (Phi) is 33.0. The molecule has 0 aliphatic carbocycles. The van der Waals surface area contributed by atoms with E-state index in [1.165, 1.54) is 12.1 Å². The molecule has 538 valence electrons. The molecule has 1 aliphatic rings. The standard InChI is InChI=1S/C70H95N17O13/c1-2-74-70(100)83-69(73)78-31-10-17-57(65(97)79-43-49-20-28-55(88)29-21-49)82-67(99)63(52-14-7-4-8-15-52)53-24-26-54(27-25-53)75-32-11-33-76-64(96)56(16-9-30-77-68(71)72)81-66(98)58(42-48-18-22-51(23-19-48)50-12-5-3-6-13-50)80-59(89)44-84-34-36-85(45-60(90)91)38-40-87(47-62(94)95)41-39-86(37-35-84)46-61(92)93/h3-8,12-15,18-29,56-58,63,75,88H,2,9-11,16-17,30-47H2,1H3,(H,76,96)(H,79,97)(H,80,89)(H,81,98)(H,82,99)(H,90,91)(H,92,93)(H,94,95)(H4,71,72,77)(H4,73,74,78,83,100)/t56-,57-,58-,63?/m1/s1. The van der Waals surface area contributed by atoms with Crippen LogP contribution in [0.4, 0.5) is 10.5 Å². The van der Waals surface area contributed by atoms with E-state index >= 15 is 0 Å². The predicted octanol–water partition coefficient (Wildman–Crippen LogP) is 1.07. The lowest BCUT2D eigenvalue weighted by Gasteiger charge is -2.33. The fraction of sp³-hybridized carbons (Fsp3) is 0.414. The number of carbonyl (C=O) groups is 9. The van der Waals surface area contributed by atoms with Gasteiger partial charge in [0.1, 0.15) is 23.9 Å². The second-order valence-corrected chi connectivity index (χ2v) is 24.1. The summed E-state index contributed by atoms with van der Waals surface area (Å²) in [6.07, 6.45) is 1.30. The molecule has 1 aliphatic heterocycles. The van der Waals surface area contributed by atoms with E-state index < -0.39 is 77.5 Å². The molecule has 1 heterocycles. The van der Waals surface area contributed by atoms with Crippen molar-refractivity contribution >= 4 is 71.1 Å². The van der Waals surface area contributed by atoms with Gasteiger partial charge in [-0.1, -0.05) is 109 Å². The monoisotopic (exact) mass is 1380 g/mol. The van der Waals surface area contributed by atoms with Crippen molar-refractivity contribution in [2.45, 2.75) is 76.0 Å². The Balaban J connectivity index is 1.13. The lowest BCUT2D eigenvalue weighted by Crippen LogP contribution is -2.56. The van der Waals surface area contributed by atoms with Crippen LogP contribution in [0.5, 0.6) is 5.75 Å². The van der Waals surface area contributed by atoms with Gasteiger partial charge in [-0.15, -0.1) is 0 Å². The molecule has 7 amide bonds. The molecule has 0 radical (unpaired) electrons. The fourth-order valence-electron chi connectivity index (χ4n) is 11.1. The highest BCUT2D eigenvalue weighted by Crippen LogP contribution is 2.27. The van der Waals surface area contributed by atoms with Gasteiger partial charge < -0.3 is 74.8 Å². The Morgan fingerprint density at radius 1 is 0.480 bits per heavy atom. The smallest absolute Gasteiger partial charge is 0.321 e. The summed E-state index contributed by atoms with van der Waals surface area (Å²) < 4.78 is 0. The third kappa shape index (κ3) is 29.2. The van der Waals surface area contributed by atoms with Crippen LogP contribution in [0.3, 0.4) is 0 Å². The Bertz CT molecular complexity index is 3460. The van der Waals surface area contributed by atoms with Crippen molar-refractivity contribution in [3.63, 3.8) is 0 Å². The number of nitrogens with one attached hydrogen (secondary N) is 8. The van der Waals surface area contributed by atoms with E-state index in [0.717, 1.165) is 16.7 Å². The number of aromatic hydroxyl groups is 1. The molecule has 0 saturated carbocycles. The highest BCUT2D eigenvalue weighted by atomic mass is 16.4. The zero-order valence-electron chi connectivity index (χ0n) is 56.4. The molecule has 4 atom stereocenters. The first-order chi connectivity index (χ1) is 48.1. The van der Waals surface area contributed by atoms with Gasteiger partial charge in [-0.05, 0) is 96.7 Å². The molecule has 100 heavy (non-hydrogen) atoms. The van der Waals surface area contributed by atoms with Gasteiger partial charge in [-0.3, -0.25) is 73.3 Å². The number of hydrogen-bond donors (Lipinski definition) is 15. The van der Waals surface area contributed by atoms with Crippen LogP contribution >= 0.6 is 0 Å². The Labute approximate surface area is 581 Å². The highest BCUT2D eigenvalue weighted by Gasteiger charge is 2.31. The molecule has 30 heteroatoms. The highest BCUT2D eigenvalue weighted by molar-refractivity contribution is 5.96. The number of urea groups is 1. The van der Waals surface area contributed by atoms with Gasteiger partial charge in [-0.2, -0.15) is 0 Å². The Morgan fingerprint density at radius 2 is 0.960 bits per heavy atom. The number of nitrogens with zero attached hydrogens (tertiary/aromatic N) is 6. The van der Waals surface area contributed by atoms with Crippen molar-refractivity contribution in [1.82, 2.24) is 56.8 Å². The van der Waals surface area contributed by atoms with Crippen LogP contribution in [0.2, 0.25) is 0 Å². The van der Waals surface area contributed by atoms with E-state index in [1.807, 2.05) is 109 Å². The minimum absolute atomic E-state index is 0.00572. The van der Waals surface area contributed by atoms with Gasteiger partial charge in [-0.25, -0.2) is 4.79 Å². The number of amides is 7. The SMILES string of the molecule is CCNC(=O)NC(N)=NCCC[C@@H](NC(=O)C(c1ccccc1)c1ccc(NCCCNC(=O)[C@@H](CCCN=C(N)N)NC(=O)[C@@H](Cc2ccc(-c3ccccc3)cc2)NC(=O)CN2CCN(CC(=O)O)CCN(CC(=O)O)CCN(CC(=O)O)CC2)cc1)C(=O)NCc1ccc(O)cc1. The van der Waals surface area contributed by atoms with Crippen LogP contribution in [-0.2, 0) is 51.3 Å². The van der Waals surface area contributed by atoms with Crippen LogP contribution < -0.4 is 59.7 Å². The molecule has 1 saturated heterocycles. The van der Waals surface area contributed by atoms with Gasteiger partial charge in [0.2, 0.25) is 29.5 Å². The minimum atomic E-state index is -1.23. The van der Waals surface area contributed by atoms with Gasteiger partial charge in [0, 0.05) is 104 Å². The van der Waals surface area contributed by atoms with Crippen molar-refractivity contribution in [2.75, 3.05) is 117 Å². The molecule has 0 aromatic heterocycles. The van der Waals surface area contributed by atoms with E-state index in [2.05, 4.69) is 52.5 Å². The van der Waals surface area contributed by atoms with Crippen molar-refractivity contribution < 1.29 is 63.6 Å². The molecule has 0 bridgehead atoms. The number of guanidine groups is 2. The van der Waals surface area contributed by atoms with E-state index in [-0.39, 0.29) is 148 Å². The van der Waals surface area contributed by atoms with E-state index in [1.54, 1.807) is 38.7 Å². The van der Waals surface area contributed by atoms with Crippen LogP contribution in [0.25, 0.3) is 11.1 Å². The minimum Gasteiger partial charge on any atom is -0.508 e. The molecule has 30 nitrogen and oxygen atoms in total. The molecule has 0 spiro atoms.